The highest BCUT2D eigenvalue weighted by Crippen LogP contribution is 2.27. The number of hydrogen-bond acceptors (Lipinski definition) is 4. The zero-order chi connectivity index (χ0) is 14.1. The SMILES string of the molecule is CCCCOc1ccc(/C=N\NC(N)=O)cc1OC. The van der Waals surface area contributed by atoms with E-state index >= 15 is 0 Å². The molecule has 1 aromatic rings. The van der Waals surface area contributed by atoms with E-state index in [1.807, 2.05) is 6.07 Å². The average molecular weight is 265 g/mol. The fourth-order valence-electron chi connectivity index (χ4n) is 1.38. The Labute approximate surface area is 112 Å². The van der Waals surface area contributed by atoms with Crippen LogP contribution in [0.3, 0.4) is 0 Å². The molecule has 0 bridgehead atoms. The average Bonchev–Trinajstić information content (AvgIpc) is 2.39. The number of urea groups is 1. The molecule has 0 heterocycles. The molecular weight excluding hydrogens is 246 g/mol. The Hall–Kier alpha value is -2.24. The standard InChI is InChI=1S/C13H19N3O3/c1-3-4-7-19-11-6-5-10(8-12(11)18-2)9-15-16-13(14)17/h5-6,8-9H,3-4,7H2,1-2H3,(H3,14,16,17)/b15-9-. The number of carbonyl (C=O) groups excluding carboxylic acids is 1. The molecule has 0 saturated carbocycles. The summed E-state index contributed by atoms with van der Waals surface area (Å²) in [6.45, 7) is 2.76. The molecule has 0 atom stereocenters. The molecule has 19 heavy (non-hydrogen) atoms. The molecule has 2 amide bonds. The normalized spacial score (nSPS) is 10.4. The van der Waals surface area contributed by atoms with Crippen LogP contribution < -0.4 is 20.6 Å². The minimum atomic E-state index is -0.706. The Bertz CT molecular complexity index is 447. The molecule has 0 saturated heterocycles. The zero-order valence-corrected chi connectivity index (χ0v) is 11.2. The van der Waals surface area contributed by atoms with Crippen LogP contribution in [0.2, 0.25) is 0 Å². The van der Waals surface area contributed by atoms with E-state index in [0.29, 0.717) is 18.1 Å². The number of amides is 2. The lowest BCUT2D eigenvalue weighted by atomic mass is 10.2. The van der Waals surface area contributed by atoms with Crippen LogP contribution in [-0.4, -0.2) is 26.0 Å². The number of carbonyl (C=O) groups is 1. The van der Waals surface area contributed by atoms with E-state index in [9.17, 15) is 4.79 Å². The van der Waals surface area contributed by atoms with Gasteiger partial charge in [-0.1, -0.05) is 13.3 Å². The first-order valence-corrected chi connectivity index (χ1v) is 6.06. The maximum absolute atomic E-state index is 10.5. The van der Waals surface area contributed by atoms with Crippen LogP contribution in [0, 0.1) is 0 Å². The maximum atomic E-state index is 10.5. The molecule has 0 aliphatic heterocycles. The van der Waals surface area contributed by atoms with Crippen LogP contribution in [0.25, 0.3) is 0 Å². The van der Waals surface area contributed by atoms with Gasteiger partial charge in [-0.05, 0) is 30.2 Å². The van der Waals surface area contributed by atoms with Crippen LogP contribution in [0.1, 0.15) is 25.3 Å². The number of nitrogens with zero attached hydrogens (tertiary/aromatic N) is 1. The minimum absolute atomic E-state index is 0.624. The van der Waals surface area contributed by atoms with Gasteiger partial charge in [-0.15, -0.1) is 0 Å². The van der Waals surface area contributed by atoms with Gasteiger partial charge in [0.2, 0.25) is 0 Å². The predicted molar refractivity (Wildman–Crippen MR) is 73.7 cm³/mol. The number of ether oxygens (including phenoxy) is 2. The second-order valence-electron chi connectivity index (χ2n) is 3.85. The monoisotopic (exact) mass is 265 g/mol. The van der Waals surface area contributed by atoms with Crippen molar-refractivity contribution in [3.8, 4) is 11.5 Å². The smallest absolute Gasteiger partial charge is 0.332 e. The van der Waals surface area contributed by atoms with Crippen molar-refractivity contribution in [2.45, 2.75) is 19.8 Å². The third-order valence-electron chi connectivity index (χ3n) is 2.33. The lowest BCUT2D eigenvalue weighted by molar-refractivity contribution is 0.249. The van der Waals surface area contributed by atoms with Gasteiger partial charge in [-0.25, -0.2) is 10.2 Å². The second-order valence-corrected chi connectivity index (χ2v) is 3.85. The molecule has 0 radical (unpaired) electrons. The number of methoxy groups -OCH3 is 1. The first-order valence-electron chi connectivity index (χ1n) is 6.06. The van der Waals surface area contributed by atoms with Crippen molar-refractivity contribution in [2.75, 3.05) is 13.7 Å². The fraction of sp³-hybridized carbons (Fsp3) is 0.385. The molecule has 104 valence electrons. The van der Waals surface area contributed by atoms with E-state index in [4.69, 9.17) is 15.2 Å². The number of nitrogens with two attached hydrogens (primary N) is 1. The summed E-state index contributed by atoms with van der Waals surface area (Å²) in [5.74, 6) is 1.31. The van der Waals surface area contributed by atoms with Crippen LogP contribution in [-0.2, 0) is 0 Å². The summed E-state index contributed by atoms with van der Waals surface area (Å²) in [7, 11) is 1.57. The number of unbranched alkanes of at least 4 members (excludes halogenated alkanes) is 1. The summed E-state index contributed by atoms with van der Waals surface area (Å²) < 4.78 is 10.9. The fourth-order valence-corrected chi connectivity index (χ4v) is 1.38. The van der Waals surface area contributed by atoms with Gasteiger partial charge in [0.25, 0.3) is 0 Å². The van der Waals surface area contributed by atoms with Crippen LogP contribution in [0.5, 0.6) is 11.5 Å². The van der Waals surface area contributed by atoms with Crippen molar-refractivity contribution in [2.24, 2.45) is 10.8 Å². The summed E-state index contributed by atoms with van der Waals surface area (Å²) in [6.07, 6.45) is 3.55. The first-order chi connectivity index (χ1) is 9.17. The molecule has 0 fully saturated rings. The second kappa shape index (κ2) is 7.97. The zero-order valence-electron chi connectivity index (χ0n) is 11.2. The molecule has 1 aromatic carbocycles. The summed E-state index contributed by atoms with van der Waals surface area (Å²) in [4.78, 5) is 10.5. The number of hydrogen-bond donors (Lipinski definition) is 2. The van der Waals surface area contributed by atoms with Crippen LogP contribution >= 0.6 is 0 Å². The molecule has 6 nitrogen and oxygen atoms in total. The van der Waals surface area contributed by atoms with E-state index in [2.05, 4.69) is 17.5 Å². The van der Waals surface area contributed by atoms with Gasteiger partial charge in [0, 0.05) is 0 Å². The summed E-state index contributed by atoms with van der Waals surface area (Å²) >= 11 is 0. The van der Waals surface area contributed by atoms with Crippen molar-refractivity contribution < 1.29 is 14.3 Å². The Kier molecular flexibility index (Phi) is 6.21. The molecular formula is C13H19N3O3. The molecule has 0 spiro atoms. The molecule has 1 rings (SSSR count). The highest BCUT2D eigenvalue weighted by Gasteiger charge is 2.04. The number of rotatable bonds is 7. The number of primary amides is 1. The van der Waals surface area contributed by atoms with Gasteiger partial charge in [-0.2, -0.15) is 5.10 Å². The summed E-state index contributed by atoms with van der Waals surface area (Å²) in [5.41, 5.74) is 7.79. The highest BCUT2D eigenvalue weighted by molar-refractivity contribution is 5.82. The third kappa shape index (κ3) is 5.29. The van der Waals surface area contributed by atoms with Gasteiger partial charge in [0.05, 0.1) is 19.9 Å². The van der Waals surface area contributed by atoms with E-state index in [1.165, 1.54) is 6.21 Å². The number of hydrazone groups is 1. The van der Waals surface area contributed by atoms with Crippen LogP contribution in [0.15, 0.2) is 23.3 Å². The van der Waals surface area contributed by atoms with Gasteiger partial charge >= 0.3 is 6.03 Å². The summed E-state index contributed by atoms with van der Waals surface area (Å²) in [5, 5.41) is 3.68. The first kappa shape index (κ1) is 14.8. The maximum Gasteiger partial charge on any atom is 0.332 e. The van der Waals surface area contributed by atoms with Gasteiger partial charge in [0.1, 0.15) is 0 Å². The Balaban J connectivity index is 2.71. The minimum Gasteiger partial charge on any atom is -0.493 e. The molecule has 6 heteroatoms. The van der Waals surface area contributed by atoms with Gasteiger partial charge < -0.3 is 15.2 Å². The van der Waals surface area contributed by atoms with Crippen molar-refractivity contribution in [1.82, 2.24) is 5.43 Å². The highest BCUT2D eigenvalue weighted by atomic mass is 16.5. The lowest BCUT2D eigenvalue weighted by Gasteiger charge is -2.10. The molecule has 0 aliphatic carbocycles. The van der Waals surface area contributed by atoms with Gasteiger partial charge in [-0.3, -0.25) is 0 Å². The molecule has 0 aliphatic rings. The van der Waals surface area contributed by atoms with Crippen LogP contribution in [0.4, 0.5) is 4.79 Å². The topological polar surface area (TPSA) is 85.9 Å². The van der Waals surface area contributed by atoms with Crippen molar-refractivity contribution >= 4 is 12.2 Å². The Morgan fingerprint density at radius 1 is 1.47 bits per heavy atom. The van der Waals surface area contributed by atoms with E-state index in [-0.39, 0.29) is 0 Å². The third-order valence-corrected chi connectivity index (χ3v) is 2.33. The largest absolute Gasteiger partial charge is 0.493 e. The van der Waals surface area contributed by atoms with E-state index in [0.717, 1.165) is 18.4 Å². The molecule has 0 aromatic heterocycles. The molecule has 3 N–H and O–H groups in total. The summed E-state index contributed by atoms with van der Waals surface area (Å²) in [6, 6.07) is 4.69. The Morgan fingerprint density at radius 2 is 2.26 bits per heavy atom. The number of benzene rings is 1. The van der Waals surface area contributed by atoms with E-state index in [1.54, 1.807) is 19.2 Å². The lowest BCUT2D eigenvalue weighted by Crippen LogP contribution is -2.24. The van der Waals surface area contributed by atoms with Crippen molar-refractivity contribution in [1.29, 1.82) is 0 Å². The van der Waals surface area contributed by atoms with Crippen molar-refractivity contribution in [3.63, 3.8) is 0 Å². The van der Waals surface area contributed by atoms with Crippen molar-refractivity contribution in [3.05, 3.63) is 23.8 Å². The molecule has 0 unspecified atom stereocenters. The number of nitrogens with one attached hydrogen (secondary N) is 1. The van der Waals surface area contributed by atoms with E-state index < -0.39 is 6.03 Å². The predicted octanol–water partition coefficient (Wildman–Crippen LogP) is 1.88. The Morgan fingerprint density at radius 3 is 2.89 bits per heavy atom. The quantitative estimate of drug-likeness (QED) is 0.448. The van der Waals surface area contributed by atoms with Gasteiger partial charge in [0.15, 0.2) is 11.5 Å².